The highest BCUT2D eigenvalue weighted by atomic mass is 19.4. The number of alkyl halides is 3. The van der Waals surface area contributed by atoms with E-state index < -0.39 is 29.4 Å². The smallest absolute Gasteiger partial charge is 0.354 e. The summed E-state index contributed by atoms with van der Waals surface area (Å²) in [7, 11) is 0. The molecule has 0 spiro atoms. The zero-order valence-corrected chi connectivity index (χ0v) is 16.1. The summed E-state index contributed by atoms with van der Waals surface area (Å²) in [5, 5.41) is 14.7. The number of nitrogens with zero attached hydrogens (tertiary/aromatic N) is 6. The van der Waals surface area contributed by atoms with Gasteiger partial charge in [0.25, 0.3) is 0 Å². The molecule has 1 amide bonds. The highest BCUT2D eigenvalue weighted by Crippen LogP contribution is 2.33. The molecule has 3 heterocycles. The lowest BCUT2D eigenvalue weighted by Gasteiger charge is -2.32. The van der Waals surface area contributed by atoms with E-state index in [2.05, 4.69) is 25.6 Å². The lowest BCUT2D eigenvalue weighted by Crippen LogP contribution is -2.41. The van der Waals surface area contributed by atoms with Crippen molar-refractivity contribution in [3.05, 3.63) is 54.4 Å². The highest BCUT2D eigenvalue weighted by molar-refractivity contribution is 5.93. The molecule has 1 aliphatic rings. The predicted molar refractivity (Wildman–Crippen MR) is 102 cm³/mol. The Kier molecular flexibility index (Phi) is 5.53. The lowest BCUT2D eigenvalue weighted by atomic mass is 9.97. The van der Waals surface area contributed by atoms with E-state index in [4.69, 9.17) is 0 Å². The van der Waals surface area contributed by atoms with E-state index in [1.165, 1.54) is 17.3 Å². The molecule has 8 nitrogen and oxygen atoms in total. The Morgan fingerprint density at radius 3 is 2.58 bits per heavy atom. The molecule has 1 fully saturated rings. The average Bonchev–Trinajstić information content (AvgIpc) is 3.29. The van der Waals surface area contributed by atoms with Crippen LogP contribution in [0, 0.1) is 11.7 Å². The Labute approximate surface area is 173 Å². The fourth-order valence-electron chi connectivity index (χ4n) is 3.40. The van der Waals surface area contributed by atoms with E-state index >= 15 is 0 Å². The van der Waals surface area contributed by atoms with Crippen molar-refractivity contribution in [2.45, 2.75) is 19.0 Å². The molecule has 31 heavy (non-hydrogen) atoms. The van der Waals surface area contributed by atoms with Gasteiger partial charge in [-0.05, 0) is 43.2 Å². The van der Waals surface area contributed by atoms with Crippen LogP contribution < -0.4 is 10.2 Å². The number of hydrogen-bond donors (Lipinski definition) is 1. The first-order chi connectivity index (χ1) is 14.8. The first kappa shape index (κ1) is 20.7. The summed E-state index contributed by atoms with van der Waals surface area (Å²) in [4.78, 5) is 18.4. The molecule has 1 atom stereocenters. The second-order valence-corrected chi connectivity index (χ2v) is 7.06. The van der Waals surface area contributed by atoms with Gasteiger partial charge in [-0.1, -0.05) is 0 Å². The zero-order chi connectivity index (χ0) is 22.0. The van der Waals surface area contributed by atoms with Crippen LogP contribution in [-0.2, 0) is 11.0 Å². The number of halogens is 4. The van der Waals surface area contributed by atoms with E-state index in [-0.39, 0.29) is 5.69 Å². The molecule has 3 aromatic rings. The number of rotatable bonds is 4. The minimum atomic E-state index is -4.84. The molecular weight excluding hydrogens is 418 g/mol. The Morgan fingerprint density at radius 2 is 1.90 bits per heavy atom. The number of aromatic nitrogens is 5. The van der Waals surface area contributed by atoms with Crippen LogP contribution in [-0.4, -0.2) is 44.0 Å². The third kappa shape index (κ3) is 4.62. The van der Waals surface area contributed by atoms with Crippen molar-refractivity contribution in [1.82, 2.24) is 25.0 Å². The van der Waals surface area contributed by atoms with Gasteiger partial charge in [0.05, 0.1) is 11.5 Å². The van der Waals surface area contributed by atoms with Gasteiger partial charge in [0.15, 0.2) is 11.6 Å². The molecule has 2 aromatic heterocycles. The fourth-order valence-corrected chi connectivity index (χ4v) is 3.40. The van der Waals surface area contributed by atoms with Crippen molar-refractivity contribution in [1.29, 1.82) is 0 Å². The van der Waals surface area contributed by atoms with Gasteiger partial charge in [0.1, 0.15) is 18.5 Å². The first-order valence-corrected chi connectivity index (χ1v) is 9.42. The first-order valence-electron chi connectivity index (χ1n) is 9.42. The summed E-state index contributed by atoms with van der Waals surface area (Å²) >= 11 is 0. The molecule has 1 saturated heterocycles. The molecule has 12 heteroatoms. The lowest BCUT2D eigenvalue weighted by molar-refractivity contribution is -0.140. The van der Waals surface area contributed by atoms with E-state index in [0.717, 1.165) is 6.07 Å². The van der Waals surface area contributed by atoms with Crippen molar-refractivity contribution in [3.63, 3.8) is 0 Å². The number of carbonyl (C=O) groups is 1. The predicted octanol–water partition coefficient (Wildman–Crippen LogP) is 3.07. The van der Waals surface area contributed by atoms with Crippen LogP contribution in [0.15, 0.2) is 43.0 Å². The molecule has 0 saturated carbocycles. The van der Waals surface area contributed by atoms with Crippen LogP contribution in [0.1, 0.15) is 18.4 Å². The number of hydrogen-bond acceptors (Lipinski definition) is 6. The standard InChI is InChI=1S/C19H17F4N7O/c20-15-4-3-13(8-14(15)19(21,22)23)26-18(31)12-2-1-7-29(9-12)16-5-6-17(28-27-16)30-11-24-10-25-30/h3-6,8,10-12H,1-2,7,9H2,(H,26,31)/t12-/m0/s1. The van der Waals surface area contributed by atoms with Gasteiger partial charge in [0.2, 0.25) is 5.91 Å². The molecule has 1 aromatic carbocycles. The minimum absolute atomic E-state index is 0.104. The molecule has 1 aliphatic heterocycles. The van der Waals surface area contributed by atoms with Gasteiger partial charge in [-0.15, -0.1) is 10.2 Å². The zero-order valence-electron chi connectivity index (χ0n) is 16.1. The maximum atomic E-state index is 13.5. The van der Waals surface area contributed by atoms with Crippen molar-refractivity contribution >= 4 is 17.4 Å². The second kappa shape index (κ2) is 8.28. The quantitative estimate of drug-likeness (QED) is 0.634. The van der Waals surface area contributed by atoms with Crippen molar-refractivity contribution in [2.24, 2.45) is 5.92 Å². The van der Waals surface area contributed by atoms with Crippen molar-refractivity contribution < 1.29 is 22.4 Å². The minimum Gasteiger partial charge on any atom is -0.354 e. The summed E-state index contributed by atoms with van der Waals surface area (Å²) in [6.07, 6.45) is -0.710. The number of piperidine rings is 1. The Bertz CT molecular complexity index is 1050. The Morgan fingerprint density at radius 1 is 1.13 bits per heavy atom. The molecule has 0 unspecified atom stereocenters. The summed E-state index contributed by atoms with van der Waals surface area (Å²) in [5.74, 6) is -1.23. The summed E-state index contributed by atoms with van der Waals surface area (Å²) in [5.41, 5.74) is -1.52. The molecule has 162 valence electrons. The van der Waals surface area contributed by atoms with Gasteiger partial charge in [-0.3, -0.25) is 4.79 Å². The number of anilines is 2. The third-order valence-electron chi connectivity index (χ3n) is 4.95. The Hall–Kier alpha value is -3.57. The maximum absolute atomic E-state index is 13.5. The molecular formula is C19H17F4N7O. The normalized spacial score (nSPS) is 16.9. The van der Waals surface area contributed by atoms with E-state index in [0.29, 0.717) is 49.7 Å². The molecule has 1 N–H and O–H groups in total. The molecule has 4 rings (SSSR count). The van der Waals surface area contributed by atoms with Gasteiger partial charge < -0.3 is 10.2 Å². The van der Waals surface area contributed by atoms with Gasteiger partial charge in [0, 0.05) is 18.8 Å². The summed E-state index contributed by atoms with van der Waals surface area (Å²) in [6.45, 7) is 0.992. The van der Waals surface area contributed by atoms with Crippen LogP contribution in [0.3, 0.4) is 0 Å². The largest absolute Gasteiger partial charge is 0.419 e. The number of nitrogens with one attached hydrogen (secondary N) is 1. The highest BCUT2D eigenvalue weighted by Gasteiger charge is 2.34. The Balaban J connectivity index is 1.43. The monoisotopic (exact) mass is 435 g/mol. The second-order valence-electron chi connectivity index (χ2n) is 7.06. The maximum Gasteiger partial charge on any atom is 0.419 e. The van der Waals surface area contributed by atoms with Gasteiger partial charge in [-0.2, -0.15) is 18.3 Å². The van der Waals surface area contributed by atoms with Crippen LogP contribution in [0.4, 0.5) is 29.1 Å². The molecule has 0 aliphatic carbocycles. The van der Waals surface area contributed by atoms with Crippen LogP contribution in [0.2, 0.25) is 0 Å². The molecule has 0 radical (unpaired) electrons. The summed E-state index contributed by atoms with van der Waals surface area (Å²) < 4.78 is 53.6. The number of benzene rings is 1. The van der Waals surface area contributed by atoms with E-state index in [9.17, 15) is 22.4 Å². The average molecular weight is 435 g/mol. The summed E-state index contributed by atoms with van der Waals surface area (Å²) in [6, 6.07) is 5.87. The fraction of sp³-hybridized carbons (Fsp3) is 0.316. The van der Waals surface area contributed by atoms with Crippen molar-refractivity contribution in [3.8, 4) is 5.82 Å². The van der Waals surface area contributed by atoms with Gasteiger partial charge in [-0.25, -0.2) is 14.1 Å². The topological polar surface area (TPSA) is 88.8 Å². The van der Waals surface area contributed by atoms with Gasteiger partial charge >= 0.3 is 6.18 Å². The SMILES string of the molecule is O=C(Nc1ccc(F)c(C(F)(F)F)c1)[C@H]1CCCN(c2ccc(-n3cncn3)nn2)C1. The molecule has 0 bridgehead atoms. The number of carbonyl (C=O) groups excluding carboxylic acids is 1. The number of amides is 1. The van der Waals surface area contributed by atoms with E-state index in [1.807, 2.05) is 4.90 Å². The van der Waals surface area contributed by atoms with Crippen molar-refractivity contribution in [2.75, 3.05) is 23.3 Å². The van der Waals surface area contributed by atoms with Crippen LogP contribution in [0.5, 0.6) is 0 Å². The van der Waals surface area contributed by atoms with Crippen LogP contribution in [0.25, 0.3) is 5.82 Å². The van der Waals surface area contributed by atoms with E-state index in [1.54, 1.807) is 12.1 Å². The third-order valence-corrected chi connectivity index (χ3v) is 4.95. The van der Waals surface area contributed by atoms with Crippen LogP contribution >= 0.6 is 0 Å².